The first-order valence-electron chi connectivity index (χ1n) is 7.59. The Kier molecular flexibility index (Phi) is 5.67. The van der Waals surface area contributed by atoms with Crippen molar-refractivity contribution in [1.29, 1.82) is 0 Å². The molecule has 2 aromatic rings. The maximum atomic E-state index is 9.84. The van der Waals surface area contributed by atoms with E-state index in [0.29, 0.717) is 0 Å². The first-order chi connectivity index (χ1) is 10.6. The fraction of sp³-hybridized carbons (Fsp3) is 0.333. The summed E-state index contributed by atoms with van der Waals surface area (Å²) >= 11 is 0. The second-order valence-corrected chi connectivity index (χ2v) is 5.53. The minimum absolute atomic E-state index is 0.00543. The lowest BCUT2D eigenvalue weighted by Crippen LogP contribution is -2.25. The van der Waals surface area contributed by atoms with E-state index in [0.717, 1.165) is 25.1 Å². The summed E-state index contributed by atoms with van der Waals surface area (Å²) in [7, 11) is 2.08. The van der Waals surface area contributed by atoms with Gasteiger partial charge in [0, 0.05) is 30.9 Å². The van der Waals surface area contributed by atoms with Crippen molar-refractivity contribution in [2.75, 3.05) is 25.0 Å². The SMILES string of the molecule is CC(NCCCN(C)c1ccccc1)c1cc(O)ccc1O. The number of aromatic hydroxyl groups is 2. The van der Waals surface area contributed by atoms with Crippen LogP contribution in [0.3, 0.4) is 0 Å². The average molecular weight is 300 g/mol. The molecule has 0 aliphatic heterocycles. The second kappa shape index (κ2) is 7.71. The lowest BCUT2D eigenvalue weighted by Gasteiger charge is -2.20. The fourth-order valence-electron chi connectivity index (χ4n) is 2.45. The van der Waals surface area contributed by atoms with Crippen LogP contribution in [0, 0.1) is 0 Å². The molecule has 1 unspecified atom stereocenters. The van der Waals surface area contributed by atoms with E-state index in [2.05, 4.69) is 29.4 Å². The Morgan fingerprint density at radius 2 is 1.82 bits per heavy atom. The first kappa shape index (κ1) is 16.2. The van der Waals surface area contributed by atoms with Gasteiger partial charge in [0.1, 0.15) is 11.5 Å². The maximum Gasteiger partial charge on any atom is 0.120 e. The molecule has 2 aromatic carbocycles. The standard InChI is InChI=1S/C18H24N2O2/c1-14(17-13-16(21)9-10-18(17)22)19-11-6-12-20(2)15-7-4-3-5-8-15/h3-5,7-10,13-14,19,21-22H,6,11-12H2,1-2H3. The molecule has 0 bridgehead atoms. The minimum atomic E-state index is -0.00543. The Balaban J connectivity index is 1.78. The maximum absolute atomic E-state index is 9.84. The quantitative estimate of drug-likeness (QED) is 0.542. The Labute approximate surface area is 132 Å². The van der Waals surface area contributed by atoms with E-state index < -0.39 is 0 Å². The zero-order valence-electron chi connectivity index (χ0n) is 13.2. The molecule has 3 N–H and O–H groups in total. The van der Waals surface area contributed by atoms with E-state index in [1.807, 2.05) is 25.1 Å². The van der Waals surface area contributed by atoms with Crippen molar-refractivity contribution in [1.82, 2.24) is 5.32 Å². The lowest BCUT2D eigenvalue weighted by atomic mass is 10.1. The van der Waals surface area contributed by atoms with Crippen LogP contribution in [0.25, 0.3) is 0 Å². The summed E-state index contributed by atoms with van der Waals surface area (Å²) in [4.78, 5) is 2.22. The van der Waals surface area contributed by atoms with Crippen LogP contribution in [-0.4, -0.2) is 30.4 Å². The third-order valence-corrected chi connectivity index (χ3v) is 3.80. The average Bonchev–Trinajstić information content (AvgIpc) is 2.54. The molecule has 4 heteroatoms. The Hall–Kier alpha value is -2.20. The number of nitrogens with zero attached hydrogens (tertiary/aromatic N) is 1. The third kappa shape index (κ3) is 4.40. The van der Waals surface area contributed by atoms with E-state index in [4.69, 9.17) is 0 Å². The second-order valence-electron chi connectivity index (χ2n) is 5.53. The predicted molar refractivity (Wildman–Crippen MR) is 90.5 cm³/mol. The van der Waals surface area contributed by atoms with Gasteiger partial charge in [-0.25, -0.2) is 0 Å². The molecule has 0 aromatic heterocycles. The molecular weight excluding hydrogens is 276 g/mol. The molecule has 0 heterocycles. The predicted octanol–water partition coefficient (Wildman–Crippen LogP) is 3.27. The Morgan fingerprint density at radius 1 is 1.09 bits per heavy atom. The number of hydrogen-bond acceptors (Lipinski definition) is 4. The molecule has 0 saturated carbocycles. The summed E-state index contributed by atoms with van der Waals surface area (Å²) in [5.74, 6) is 0.379. The summed E-state index contributed by atoms with van der Waals surface area (Å²) in [5.41, 5.74) is 1.93. The molecule has 0 spiro atoms. The van der Waals surface area contributed by atoms with Crippen LogP contribution >= 0.6 is 0 Å². The van der Waals surface area contributed by atoms with Crippen molar-refractivity contribution in [2.45, 2.75) is 19.4 Å². The molecule has 0 amide bonds. The normalized spacial score (nSPS) is 12.1. The van der Waals surface area contributed by atoms with Gasteiger partial charge in [0.25, 0.3) is 0 Å². The highest BCUT2D eigenvalue weighted by Gasteiger charge is 2.10. The van der Waals surface area contributed by atoms with E-state index >= 15 is 0 Å². The zero-order valence-corrected chi connectivity index (χ0v) is 13.2. The first-order valence-corrected chi connectivity index (χ1v) is 7.59. The number of rotatable bonds is 7. The van der Waals surface area contributed by atoms with Gasteiger partial charge in [0.2, 0.25) is 0 Å². The molecule has 0 fully saturated rings. The van der Waals surface area contributed by atoms with Crippen molar-refractivity contribution >= 4 is 5.69 Å². The topological polar surface area (TPSA) is 55.7 Å². The molecule has 0 saturated heterocycles. The highest BCUT2D eigenvalue weighted by Crippen LogP contribution is 2.27. The van der Waals surface area contributed by atoms with Crippen LogP contribution in [0.4, 0.5) is 5.69 Å². The number of benzene rings is 2. The highest BCUT2D eigenvalue weighted by atomic mass is 16.3. The van der Waals surface area contributed by atoms with Crippen molar-refractivity contribution < 1.29 is 10.2 Å². The van der Waals surface area contributed by atoms with Crippen LogP contribution in [0.5, 0.6) is 11.5 Å². The van der Waals surface area contributed by atoms with Gasteiger partial charge in [0.05, 0.1) is 0 Å². The number of anilines is 1. The summed E-state index contributed by atoms with van der Waals surface area (Å²) < 4.78 is 0. The zero-order chi connectivity index (χ0) is 15.9. The lowest BCUT2D eigenvalue weighted by molar-refractivity contribution is 0.440. The van der Waals surface area contributed by atoms with Crippen LogP contribution in [0.15, 0.2) is 48.5 Å². The fourth-order valence-corrected chi connectivity index (χ4v) is 2.45. The third-order valence-electron chi connectivity index (χ3n) is 3.80. The molecule has 1 atom stereocenters. The van der Waals surface area contributed by atoms with Crippen molar-refractivity contribution in [3.05, 3.63) is 54.1 Å². The largest absolute Gasteiger partial charge is 0.508 e. The molecule has 4 nitrogen and oxygen atoms in total. The highest BCUT2D eigenvalue weighted by molar-refractivity contribution is 5.44. The summed E-state index contributed by atoms with van der Waals surface area (Å²) in [6, 6.07) is 14.9. The van der Waals surface area contributed by atoms with Crippen molar-refractivity contribution in [3.8, 4) is 11.5 Å². The van der Waals surface area contributed by atoms with E-state index in [1.54, 1.807) is 6.07 Å². The van der Waals surface area contributed by atoms with E-state index in [1.165, 1.54) is 17.8 Å². The number of hydrogen-bond donors (Lipinski definition) is 3. The van der Waals surface area contributed by atoms with Gasteiger partial charge in [0.15, 0.2) is 0 Å². The van der Waals surface area contributed by atoms with Gasteiger partial charge >= 0.3 is 0 Å². The van der Waals surface area contributed by atoms with E-state index in [-0.39, 0.29) is 17.5 Å². The van der Waals surface area contributed by atoms with Crippen LogP contribution in [0.2, 0.25) is 0 Å². The molecule has 0 aliphatic rings. The van der Waals surface area contributed by atoms with Crippen molar-refractivity contribution in [2.24, 2.45) is 0 Å². The number of para-hydroxylation sites is 1. The monoisotopic (exact) mass is 300 g/mol. The molecule has 22 heavy (non-hydrogen) atoms. The molecule has 0 aliphatic carbocycles. The van der Waals surface area contributed by atoms with Gasteiger partial charge in [-0.2, -0.15) is 0 Å². The van der Waals surface area contributed by atoms with Gasteiger partial charge in [-0.1, -0.05) is 18.2 Å². The Morgan fingerprint density at radius 3 is 2.55 bits per heavy atom. The Bertz CT molecular complexity index is 587. The molecule has 2 rings (SSSR count). The van der Waals surface area contributed by atoms with Gasteiger partial charge in [-0.15, -0.1) is 0 Å². The summed E-state index contributed by atoms with van der Waals surface area (Å²) in [6.07, 6.45) is 0.995. The summed E-state index contributed by atoms with van der Waals surface area (Å²) in [6.45, 7) is 3.78. The van der Waals surface area contributed by atoms with Crippen LogP contribution in [-0.2, 0) is 0 Å². The van der Waals surface area contributed by atoms with Crippen molar-refractivity contribution in [3.63, 3.8) is 0 Å². The minimum Gasteiger partial charge on any atom is -0.508 e. The van der Waals surface area contributed by atoms with Crippen LogP contribution < -0.4 is 10.2 Å². The van der Waals surface area contributed by atoms with E-state index in [9.17, 15) is 10.2 Å². The number of phenolic OH excluding ortho intramolecular Hbond substituents is 2. The van der Waals surface area contributed by atoms with Gasteiger partial charge in [-0.3, -0.25) is 0 Å². The number of phenols is 2. The molecular formula is C18H24N2O2. The van der Waals surface area contributed by atoms with Crippen LogP contribution in [0.1, 0.15) is 24.9 Å². The molecule has 0 radical (unpaired) electrons. The smallest absolute Gasteiger partial charge is 0.120 e. The molecule has 118 valence electrons. The van der Waals surface area contributed by atoms with Gasteiger partial charge in [-0.05, 0) is 50.2 Å². The van der Waals surface area contributed by atoms with Gasteiger partial charge < -0.3 is 20.4 Å². The summed E-state index contributed by atoms with van der Waals surface area (Å²) in [5, 5.41) is 22.7. The number of nitrogens with one attached hydrogen (secondary N) is 1.